The first kappa shape index (κ1) is 94.2. The Hall–Kier alpha value is -12.9. The standard InChI is InChI=1S/2C19H12N.C18H11N2.C15H10N.C15H12O2.C6H5NO2.2C5H8O2.4Ir/c1-3-9-16-14(6-1)8-5-10-17(16)19-13-12-15-7-2-4-11-18(15)20-19;1-2-7-16-13-17(10-9-14(16)5-1)19-12-11-15-6-3-4-8-18(15)20-19;1-3-7-15-13(5-1)9-11-17(19-15)18-12-10-14-6-2-4-8-16(14)20-18;1-2-6-12(7-3-1)15-11-10-13-8-4-5-9-14(13)16-15;16-14(12-7-3-1-4-8-12)11-15(17)13-9-5-2-6-10-13;8-6(9)5-3-1-2-4-7-5;2*1-4(6)3-5(2)7;;;;/h2*1-9,11-13H;1-11H;1-6,8-11H;1-11,16H;1-4H,(H,8,9);2*3,6H,1-2H3;;;;/q4*-1;;;;;;;;. The Morgan fingerprint density at radius 3 is 1.19 bits per heavy atom. The Labute approximate surface area is 750 Å². The van der Waals surface area contributed by atoms with Crippen LogP contribution in [-0.2, 0) is 90.0 Å². The van der Waals surface area contributed by atoms with E-state index < -0.39 is 5.97 Å². The van der Waals surface area contributed by atoms with Crippen molar-refractivity contribution in [2.75, 3.05) is 0 Å². The van der Waals surface area contributed by atoms with Crippen LogP contribution in [-0.4, -0.2) is 73.6 Å². The van der Waals surface area contributed by atoms with E-state index in [4.69, 9.17) is 25.3 Å². The van der Waals surface area contributed by atoms with Gasteiger partial charge >= 0.3 is 5.97 Å². The molecule has 604 valence electrons. The van der Waals surface area contributed by atoms with Gasteiger partial charge in [0.05, 0.1) is 33.6 Å². The van der Waals surface area contributed by atoms with Crippen molar-refractivity contribution in [2.24, 2.45) is 0 Å². The first-order valence-corrected chi connectivity index (χ1v) is 36.9. The van der Waals surface area contributed by atoms with Crippen LogP contribution in [0.15, 0.2) is 388 Å². The van der Waals surface area contributed by atoms with E-state index >= 15 is 0 Å². The topological polar surface area (TPSA) is 227 Å². The maximum Gasteiger partial charge on any atom is 0.354 e. The molecule has 0 spiro atoms. The predicted molar refractivity (Wildman–Crippen MR) is 468 cm³/mol. The second-order valence-electron chi connectivity index (χ2n) is 26.0. The quantitative estimate of drug-likeness (QED) is 0.0432. The van der Waals surface area contributed by atoms with Crippen LogP contribution in [0.1, 0.15) is 54.1 Å². The van der Waals surface area contributed by atoms with Gasteiger partial charge in [0, 0.05) is 121 Å². The van der Waals surface area contributed by atoms with Gasteiger partial charge in [0.15, 0.2) is 17.3 Å². The van der Waals surface area contributed by atoms with Crippen molar-refractivity contribution in [3.05, 3.63) is 429 Å². The third-order valence-corrected chi connectivity index (χ3v) is 17.2. The van der Waals surface area contributed by atoms with Gasteiger partial charge < -0.3 is 25.4 Å². The number of aromatic carboxylic acids is 1. The minimum Gasteiger partial charge on any atom is -0.512 e. The van der Waals surface area contributed by atoms with E-state index in [2.05, 4.69) is 159 Å². The fourth-order valence-electron chi connectivity index (χ4n) is 11.8. The van der Waals surface area contributed by atoms with E-state index in [0.717, 1.165) is 94.3 Å². The minimum absolute atomic E-state index is 0. The monoisotopic (exact) mass is 2290 g/mol. The molecule has 0 aliphatic rings. The summed E-state index contributed by atoms with van der Waals surface area (Å²) in [6.45, 7) is 5.70. The van der Waals surface area contributed by atoms with Crippen LogP contribution in [0.5, 0.6) is 0 Å². The number of rotatable bonds is 10. The van der Waals surface area contributed by atoms with Gasteiger partial charge in [-0.25, -0.2) is 9.78 Å². The van der Waals surface area contributed by atoms with E-state index in [9.17, 15) is 24.3 Å². The van der Waals surface area contributed by atoms with Gasteiger partial charge in [-0.15, -0.1) is 100 Å². The van der Waals surface area contributed by atoms with E-state index in [1.807, 2.05) is 182 Å². The van der Waals surface area contributed by atoms with Gasteiger partial charge in [0.25, 0.3) is 0 Å². The minimum atomic E-state index is -0.990. The zero-order valence-electron chi connectivity index (χ0n) is 65.2. The van der Waals surface area contributed by atoms with Gasteiger partial charge in [0.2, 0.25) is 0 Å². The number of aliphatic hydroxyl groups is 3. The summed E-state index contributed by atoms with van der Waals surface area (Å²) < 4.78 is 0. The Morgan fingerprint density at radius 2 is 0.717 bits per heavy atom. The molecular weight excluding hydrogens is 2210 g/mol. The Bertz CT molecular complexity index is 6140. The number of allylic oxidation sites excluding steroid dienone is 5. The van der Waals surface area contributed by atoms with Crippen LogP contribution in [0.25, 0.3) is 127 Å². The van der Waals surface area contributed by atoms with E-state index in [1.165, 1.54) is 85.1 Å². The van der Waals surface area contributed by atoms with Crippen LogP contribution in [0, 0.1) is 24.3 Å². The summed E-state index contributed by atoms with van der Waals surface area (Å²) in [6.07, 6.45) is 5.02. The molecule has 0 saturated carbocycles. The summed E-state index contributed by atoms with van der Waals surface area (Å²) in [5.74, 6) is -1.33. The number of ketones is 3. The number of carboxylic acid groups (broad SMARTS) is 1. The number of benzene rings is 12. The third kappa shape index (κ3) is 28.4. The van der Waals surface area contributed by atoms with E-state index in [1.54, 1.807) is 48.5 Å². The Balaban J connectivity index is 0.000000193. The molecule has 4 N–H and O–H groups in total. The van der Waals surface area contributed by atoms with Crippen molar-refractivity contribution in [2.45, 2.75) is 27.7 Å². The molecule has 0 saturated heterocycles. The van der Waals surface area contributed by atoms with Crippen molar-refractivity contribution in [3.8, 4) is 45.2 Å². The first-order valence-electron chi connectivity index (χ1n) is 36.9. The average molecular weight is 2280 g/mol. The molecule has 0 atom stereocenters. The molecule has 18 heteroatoms. The van der Waals surface area contributed by atoms with Crippen LogP contribution in [0.3, 0.4) is 0 Å². The average Bonchev–Trinajstić information content (AvgIpc) is 0.786. The number of aromatic nitrogens is 6. The maximum atomic E-state index is 11.8. The molecule has 0 fully saturated rings. The van der Waals surface area contributed by atoms with Crippen molar-refractivity contribution in [1.82, 2.24) is 29.9 Å². The molecular formula is C102H78Ir4N6O8-4. The molecule has 6 aromatic heterocycles. The second-order valence-corrected chi connectivity index (χ2v) is 26.0. The SMILES string of the molecule is CC(=O)C=C(C)O.CC(=O)C=C(C)O.O=C(C=C(O)c1ccccc1)c1ccccc1.O=C(O)c1ccccn1.[Ir].[Ir].[Ir].[Ir].[c-]1cc2ccccc2cc1-c1ccc2ccccc2n1.[c-]1cc2ccccc2nc1-c1ccc2ccccc2n1.[c-]1ccc2ccccc2c1-c1ccc2ccccc2n1.[c-]1ccccc1-c1ccc2ccccc2n1. The smallest absolute Gasteiger partial charge is 0.354 e. The summed E-state index contributed by atoms with van der Waals surface area (Å²) in [6, 6.07) is 128. The van der Waals surface area contributed by atoms with Crippen LogP contribution in [0.4, 0.5) is 0 Å². The number of nitrogens with zero attached hydrogens (tertiary/aromatic N) is 6. The molecule has 14 nitrogen and oxygen atoms in total. The molecule has 4 radical (unpaired) electrons. The van der Waals surface area contributed by atoms with Crippen LogP contribution < -0.4 is 0 Å². The number of para-hydroxylation sites is 5. The molecule has 0 bridgehead atoms. The molecule has 0 unspecified atom stereocenters. The summed E-state index contributed by atoms with van der Waals surface area (Å²) >= 11 is 0. The molecule has 18 aromatic rings. The van der Waals surface area contributed by atoms with E-state index in [0.29, 0.717) is 11.1 Å². The number of aliphatic hydroxyl groups excluding tert-OH is 3. The molecule has 18 rings (SSSR count). The first-order chi connectivity index (χ1) is 56.5. The van der Waals surface area contributed by atoms with Gasteiger partial charge in [-0.2, -0.15) is 12.1 Å². The summed E-state index contributed by atoms with van der Waals surface area (Å²) in [5.41, 5.74) is 14.0. The Kier molecular flexibility index (Phi) is 38.2. The zero-order valence-corrected chi connectivity index (χ0v) is 74.8. The molecule has 6 heterocycles. The third-order valence-electron chi connectivity index (χ3n) is 17.2. The summed E-state index contributed by atoms with van der Waals surface area (Å²) in [4.78, 5) is 68.9. The predicted octanol–water partition coefficient (Wildman–Crippen LogP) is 24.0. The van der Waals surface area contributed by atoms with Gasteiger partial charge in [0.1, 0.15) is 11.5 Å². The van der Waals surface area contributed by atoms with Crippen LogP contribution in [0.2, 0.25) is 0 Å². The van der Waals surface area contributed by atoms with E-state index in [-0.39, 0.29) is 121 Å². The Morgan fingerprint density at radius 1 is 0.308 bits per heavy atom. The number of carbonyl (C=O) groups is 4. The molecule has 0 aliphatic heterocycles. The molecule has 12 aromatic carbocycles. The number of pyridine rings is 6. The number of carbonyl (C=O) groups excluding carboxylic acids is 3. The van der Waals surface area contributed by atoms with Gasteiger partial charge in [-0.1, -0.05) is 265 Å². The number of carboxylic acids is 1. The summed E-state index contributed by atoms with van der Waals surface area (Å²) in [5, 5.41) is 45.4. The molecule has 0 amide bonds. The fraction of sp³-hybridized carbons (Fsp3) is 0.0392. The summed E-state index contributed by atoms with van der Waals surface area (Å²) in [7, 11) is 0. The number of hydrogen-bond acceptors (Lipinski definition) is 13. The number of fused-ring (bicyclic) bond motifs is 7. The number of hydrogen-bond donors (Lipinski definition) is 4. The van der Waals surface area contributed by atoms with Crippen molar-refractivity contribution in [3.63, 3.8) is 0 Å². The maximum absolute atomic E-state index is 11.8. The van der Waals surface area contributed by atoms with Crippen LogP contribution >= 0.6 is 0 Å². The normalized spacial score (nSPS) is 10.5. The van der Waals surface area contributed by atoms with Crippen molar-refractivity contribution < 1.29 is 120 Å². The zero-order chi connectivity index (χ0) is 81.4. The van der Waals surface area contributed by atoms with Crippen molar-refractivity contribution >= 4 is 105 Å². The largest absolute Gasteiger partial charge is 0.512 e. The molecule has 0 aliphatic carbocycles. The van der Waals surface area contributed by atoms with Gasteiger partial charge in [-0.05, 0) is 120 Å². The fourth-order valence-corrected chi connectivity index (χ4v) is 11.8. The van der Waals surface area contributed by atoms with Crippen molar-refractivity contribution in [1.29, 1.82) is 0 Å². The second kappa shape index (κ2) is 48.7. The molecule has 120 heavy (non-hydrogen) atoms. The van der Waals surface area contributed by atoms with Gasteiger partial charge in [-0.3, -0.25) is 34.3 Å².